The minimum Gasteiger partial charge on any atom is -0.342 e. The lowest BCUT2D eigenvalue weighted by Crippen LogP contribution is -2.39. The maximum atomic E-state index is 12.5. The molecule has 1 aromatic heterocycles. The van der Waals surface area contributed by atoms with Crippen molar-refractivity contribution < 1.29 is 9.32 Å². The van der Waals surface area contributed by atoms with Gasteiger partial charge in [-0.3, -0.25) is 4.79 Å². The van der Waals surface area contributed by atoms with Crippen LogP contribution >= 0.6 is 0 Å². The van der Waals surface area contributed by atoms with E-state index in [-0.39, 0.29) is 11.8 Å². The van der Waals surface area contributed by atoms with Crippen LogP contribution in [0.1, 0.15) is 48.0 Å². The van der Waals surface area contributed by atoms with Crippen LogP contribution in [-0.4, -0.2) is 34.0 Å². The number of rotatable bonds is 4. The van der Waals surface area contributed by atoms with E-state index in [1.807, 2.05) is 11.8 Å². The van der Waals surface area contributed by atoms with Crippen molar-refractivity contribution in [2.75, 3.05) is 13.1 Å². The Balaban J connectivity index is 1.55. The van der Waals surface area contributed by atoms with Gasteiger partial charge in [-0.1, -0.05) is 35.0 Å². The number of benzene rings is 1. The van der Waals surface area contributed by atoms with E-state index in [4.69, 9.17) is 4.52 Å². The topological polar surface area (TPSA) is 59.2 Å². The van der Waals surface area contributed by atoms with Crippen LogP contribution in [0.15, 0.2) is 28.8 Å². The normalized spacial score (nSPS) is 18.2. The zero-order chi connectivity index (χ0) is 16.2. The quantitative estimate of drug-likeness (QED) is 0.870. The van der Waals surface area contributed by atoms with Crippen LogP contribution in [0.2, 0.25) is 0 Å². The summed E-state index contributed by atoms with van der Waals surface area (Å²) in [6.45, 7) is 5.41. The Morgan fingerprint density at radius 2 is 2.09 bits per heavy atom. The third kappa shape index (κ3) is 3.97. The van der Waals surface area contributed by atoms with E-state index in [1.54, 1.807) is 0 Å². The van der Waals surface area contributed by atoms with Gasteiger partial charge in [0.05, 0.1) is 5.92 Å². The summed E-state index contributed by atoms with van der Waals surface area (Å²) < 4.78 is 5.27. The van der Waals surface area contributed by atoms with E-state index in [9.17, 15) is 4.79 Å². The fraction of sp³-hybridized carbons (Fsp3) is 0.500. The number of piperidine rings is 1. The van der Waals surface area contributed by atoms with Crippen molar-refractivity contribution in [3.63, 3.8) is 0 Å². The number of carbonyl (C=O) groups excluding carboxylic acids is 1. The first-order valence-corrected chi connectivity index (χ1v) is 8.25. The Morgan fingerprint density at radius 1 is 1.30 bits per heavy atom. The molecule has 3 rings (SSSR count). The van der Waals surface area contributed by atoms with E-state index in [0.29, 0.717) is 24.7 Å². The molecule has 1 unspecified atom stereocenters. The Bertz CT molecular complexity index is 663. The summed E-state index contributed by atoms with van der Waals surface area (Å²) in [7, 11) is 0. The molecule has 1 saturated heterocycles. The summed E-state index contributed by atoms with van der Waals surface area (Å²) in [6.07, 6.45) is 3.34. The van der Waals surface area contributed by atoms with Crippen molar-refractivity contribution in [3.8, 4) is 0 Å². The fourth-order valence-corrected chi connectivity index (χ4v) is 3.05. The van der Waals surface area contributed by atoms with Crippen molar-refractivity contribution in [3.05, 3.63) is 47.1 Å². The zero-order valence-electron chi connectivity index (χ0n) is 13.8. The highest BCUT2D eigenvalue weighted by Crippen LogP contribution is 2.26. The standard InChI is InChI=1S/C18H23N3O2/c1-13-5-7-15(8-6-13)9-10-17(22)21-11-3-4-16(12-21)18-19-14(2)20-23-18/h5-8,16H,3-4,9-12H2,1-2H3. The number of amides is 1. The average Bonchev–Trinajstić information content (AvgIpc) is 3.01. The van der Waals surface area contributed by atoms with Gasteiger partial charge in [-0.05, 0) is 38.7 Å². The lowest BCUT2D eigenvalue weighted by Gasteiger charge is -2.31. The van der Waals surface area contributed by atoms with Gasteiger partial charge in [0.1, 0.15) is 0 Å². The van der Waals surface area contributed by atoms with Crippen LogP contribution < -0.4 is 0 Å². The first-order valence-electron chi connectivity index (χ1n) is 8.25. The number of hydrogen-bond donors (Lipinski definition) is 0. The Morgan fingerprint density at radius 3 is 2.78 bits per heavy atom. The van der Waals surface area contributed by atoms with Crippen molar-refractivity contribution >= 4 is 5.91 Å². The molecule has 2 heterocycles. The molecule has 5 nitrogen and oxygen atoms in total. The van der Waals surface area contributed by atoms with Crippen LogP contribution in [-0.2, 0) is 11.2 Å². The van der Waals surface area contributed by atoms with Crippen LogP contribution in [0.25, 0.3) is 0 Å². The molecule has 23 heavy (non-hydrogen) atoms. The van der Waals surface area contributed by atoms with Crippen molar-refractivity contribution in [1.82, 2.24) is 15.0 Å². The van der Waals surface area contributed by atoms with Crippen LogP contribution in [0, 0.1) is 13.8 Å². The molecule has 1 aliphatic rings. The second-order valence-corrected chi connectivity index (χ2v) is 6.34. The third-order valence-electron chi connectivity index (χ3n) is 4.41. The van der Waals surface area contributed by atoms with Gasteiger partial charge in [0, 0.05) is 19.5 Å². The van der Waals surface area contributed by atoms with E-state index in [2.05, 4.69) is 41.3 Å². The van der Waals surface area contributed by atoms with Gasteiger partial charge in [0.25, 0.3) is 0 Å². The molecule has 122 valence electrons. The molecule has 1 atom stereocenters. The number of likely N-dealkylation sites (tertiary alicyclic amines) is 1. The highest BCUT2D eigenvalue weighted by molar-refractivity contribution is 5.76. The molecule has 0 radical (unpaired) electrons. The molecule has 2 aromatic rings. The minimum atomic E-state index is 0.174. The Hall–Kier alpha value is -2.17. The SMILES string of the molecule is Cc1ccc(CCC(=O)N2CCCC(c3nc(C)no3)C2)cc1. The van der Waals surface area contributed by atoms with Gasteiger partial charge in [-0.2, -0.15) is 4.98 Å². The lowest BCUT2D eigenvalue weighted by molar-refractivity contribution is -0.132. The molecule has 0 saturated carbocycles. The molecular formula is C18H23N3O2. The number of nitrogens with zero attached hydrogens (tertiary/aromatic N) is 3. The van der Waals surface area contributed by atoms with E-state index >= 15 is 0 Å². The van der Waals surface area contributed by atoms with Gasteiger partial charge in [-0.25, -0.2) is 0 Å². The lowest BCUT2D eigenvalue weighted by atomic mass is 9.97. The molecule has 1 aliphatic heterocycles. The number of aryl methyl sites for hydroxylation is 3. The van der Waals surface area contributed by atoms with E-state index < -0.39 is 0 Å². The van der Waals surface area contributed by atoms with Gasteiger partial charge in [0.15, 0.2) is 5.82 Å². The van der Waals surface area contributed by atoms with Crippen molar-refractivity contribution in [2.45, 2.75) is 45.4 Å². The summed E-state index contributed by atoms with van der Waals surface area (Å²) in [4.78, 5) is 18.7. The van der Waals surface area contributed by atoms with E-state index in [1.165, 1.54) is 11.1 Å². The number of aromatic nitrogens is 2. The molecule has 0 spiro atoms. The minimum absolute atomic E-state index is 0.174. The van der Waals surface area contributed by atoms with Crippen molar-refractivity contribution in [1.29, 1.82) is 0 Å². The predicted molar refractivity (Wildman–Crippen MR) is 87.1 cm³/mol. The second-order valence-electron chi connectivity index (χ2n) is 6.34. The molecule has 1 amide bonds. The molecule has 0 bridgehead atoms. The van der Waals surface area contributed by atoms with Crippen LogP contribution in [0.3, 0.4) is 0 Å². The largest absolute Gasteiger partial charge is 0.342 e. The molecule has 1 aromatic carbocycles. The molecular weight excluding hydrogens is 290 g/mol. The summed E-state index contributed by atoms with van der Waals surface area (Å²) in [5.41, 5.74) is 2.46. The van der Waals surface area contributed by atoms with E-state index in [0.717, 1.165) is 25.8 Å². The average molecular weight is 313 g/mol. The van der Waals surface area contributed by atoms with Gasteiger partial charge in [0.2, 0.25) is 11.8 Å². The second kappa shape index (κ2) is 6.94. The third-order valence-corrected chi connectivity index (χ3v) is 4.41. The van der Waals surface area contributed by atoms with Crippen molar-refractivity contribution in [2.24, 2.45) is 0 Å². The maximum Gasteiger partial charge on any atom is 0.231 e. The smallest absolute Gasteiger partial charge is 0.231 e. The van der Waals surface area contributed by atoms with Gasteiger partial charge < -0.3 is 9.42 Å². The number of carbonyl (C=O) groups is 1. The Labute approximate surface area is 136 Å². The van der Waals surface area contributed by atoms with Gasteiger partial charge in [-0.15, -0.1) is 0 Å². The summed E-state index contributed by atoms with van der Waals surface area (Å²) in [5, 5.41) is 3.86. The maximum absolute atomic E-state index is 12.5. The van der Waals surface area contributed by atoms with Crippen LogP contribution in [0.4, 0.5) is 0 Å². The summed E-state index contributed by atoms with van der Waals surface area (Å²) in [5.74, 6) is 1.71. The first-order chi connectivity index (χ1) is 11.1. The fourth-order valence-electron chi connectivity index (χ4n) is 3.05. The molecule has 0 aliphatic carbocycles. The zero-order valence-corrected chi connectivity index (χ0v) is 13.8. The predicted octanol–water partition coefficient (Wildman–Crippen LogP) is 3.03. The first kappa shape index (κ1) is 15.7. The Kier molecular flexibility index (Phi) is 4.74. The van der Waals surface area contributed by atoms with Gasteiger partial charge >= 0.3 is 0 Å². The highest BCUT2D eigenvalue weighted by atomic mass is 16.5. The monoisotopic (exact) mass is 313 g/mol. The molecule has 5 heteroatoms. The molecule has 1 fully saturated rings. The molecule has 0 N–H and O–H groups in total. The van der Waals surface area contributed by atoms with Crippen LogP contribution in [0.5, 0.6) is 0 Å². The number of hydrogen-bond acceptors (Lipinski definition) is 4. The highest BCUT2D eigenvalue weighted by Gasteiger charge is 2.27. The summed E-state index contributed by atoms with van der Waals surface area (Å²) >= 11 is 0. The summed E-state index contributed by atoms with van der Waals surface area (Å²) in [6, 6.07) is 8.38.